The number of esters is 1. The molecule has 1 atom stereocenters. The molecule has 0 aliphatic carbocycles. The highest BCUT2D eigenvalue weighted by Crippen LogP contribution is 2.39. The van der Waals surface area contributed by atoms with Gasteiger partial charge in [-0.3, -0.25) is 9.78 Å². The predicted octanol–water partition coefficient (Wildman–Crippen LogP) is 2.62. The first-order valence-electron chi connectivity index (χ1n) is 6.94. The summed E-state index contributed by atoms with van der Waals surface area (Å²) < 4.78 is 5.05. The van der Waals surface area contributed by atoms with E-state index in [-0.39, 0.29) is 18.7 Å². The van der Waals surface area contributed by atoms with Crippen molar-refractivity contribution in [2.24, 2.45) is 0 Å². The Morgan fingerprint density at radius 2 is 2.27 bits per heavy atom. The molecule has 1 unspecified atom stereocenters. The summed E-state index contributed by atoms with van der Waals surface area (Å²) in [5, 5.41) is 3.85. The number of halogens is 1. The molecule has 0 saturated carbocycles. The molecule has 1 aliphatic heterocycles. The van der Waals surface area contributed by atoms with Gasteiger partial charge in [0.05, 0.1) is 18.0 Å². The molecule has 3 rings (SSSR count). The van der Waals surface area contributed by atoms with Crippen LogP contribution in [-0.2, 0) is 9.53 Å². The van der Waals surface area contributed by atoms with Crippen molar-refractivity contribution in [2.75, 3.05) is 23.4 Å². The van der Waals surface area contributed by atoms with E-state index in [9.17, 15) is 4.79 Å². The van der Waals surface area contributed by atoms with Crippen molar-refractivity contribution in [3.05, 3.63) is 47.4 Å². The summed E-state index contributed by atoms with van der Waals surface area (Å²) in [4.78, 5) is 22.4. The van der Waals surface area contributed by atoms with Crippen LogP contribution in [0, 0.1) is 0 Å². The van der Waals surface area contributed by atoms with Crippen molar-refractivity contribution < 1.29 is 9.53 Å². The molecule has 7 heteroatoms. The Balaban J connectivity index is 1.94. The first-order chi connectivity index (χ1) is 10.7. The lowest BCUT2D eigenvalue weighted by atomic mass is 10.2. The van der Waals surface area contributed by atoms with Crippen LogP contribution in [0.15, 0.2) is 36.7 Å². The smallest absolute Gasteiger partial charge is 0.325 e. The largest absolute Gasteiger partial charge is 0.465 e. The number of carbonyl (C=O) groups excluding carboxylic acids is 1. The molecule has 0 bridgehead atoms. The maximum Gasteiger partial charge on any atom is 0.325 e. The van der Waals surface area contributed by atoms with Crippen molar-refractivity contribution in [3.63, 3.8) is 0 Å². The van der Waals surface area contributed by atoms with Gasteiger partial charge in [-0.05, 0) is 31.2 Å². The number of fused-ring (bicyclic) bond motifs is 1. The minimum Gasteiger partial charge on any atom is -0.465 e. The van der Waals surface area contributed by atoms with Crippen LogP contribution in [0.1, 0.15) is 18.8 Å². The van der Waals surface area contributed by atoms with E-state index in [4.69, 9.17) is 16.3 Å². The van der Waals surface area contributed by atoms with E-state index in [0.717, 1.165) is 11.4 Å². The number of pyridine rings is 2. The zero-order chi connectivity index (χ0) is 15.5. The average molecular weight is 319 g/mol. The van der Waals surface area contributed by atoms with E-state index >= 15 is 0 Å². The highest BCUT2D eigenvalue weighted by Gasteiger charge is 2.33. The maximum absolute atomic E-state index is 11.9. The second-order valence-corrected chi connectivity index (χ2v) is 5.19. The van der Waals surface area contributed by atoms with Gasteiger partial charge in [-0.15, -0.1) is 0 Å². The van der Waals surface area contributed by atoms with Crippen LogP contribution in [0.25, 0.3) is 0 Å². The van der Waals surface area contributed by atoms with E-state index < -0.39 is 0 Å². The summed E-state index contributed by atoms with van der Waals surface area (Å²) in [7, 11) is 0. The van der Waals surface area contributed by atoms with Crippen LogP contribution in [0.4, 0.5) is 11.5 Å². The van der Waals surface area contributed by atoms with Crippen LogP contribution >= 0.6 is 11.6 Å². The maximum atomic E-state index is 11.9. The topological polar surface area (TPSA) is 67.3 Å². The lowest BCUT2D eigenvalue weighted by Crippen LogP contribution is -2.34. The van der Waals surface area contributed by atoms with Crippen molar-refractivity contribution >= 4 is 29.1 Å². The quantitative estimate of drug-likeness (QED) is 0.874. The molecule has 2 aromatic heterocycles. The van der Waals surface area contributed by atoms with Crippen molar-refractivity contribution in [1.82, 2.24) is 9.97 Å². The zero-order valence-corrected chi connectivity index (χ0v) is 12.7. The molecule has 0 saturated heterocycles. The van der Waals surface area contributed by atoms with E-state index in [1.54, 1.807) is 31.5 Å². The Morgan fingerprint density at radius 3 is 3.05 bits per heavy atom. The molecule has 1 aliphatic rings. The minimum absolute atomic E-state index is 0.110. The third-order valence-electron chi connectivity index (χ3n) is 3.31. The van der Waals surface area contributed by atoms with Gasteiger partial charge in [0, 0.05) is 17.4 Å². The van der Waals surface area contributed by atoms with Crippen molar-refractivity contribution in [1.29, 1.82) is 0 Å². The highest BCUT2D eigenvalue weighted by atomic mass is 35.5. The summed E-state index contributed by atoms with van der Waals surface area (Å²) in [6, 6.07) is 7.20. The number of rotatable bonds is 4. The molecule has 3 heterocycles. The number of hydrogen-bond donors (Lipinski definition) is 1. The Hall–Kier alpha value is -2.34. The lowest BCUT2D eigenvalue weighted by Gasteiger charge is -2.25. The second kappa shape index (κ2) is 6.19. The number of nitrogens with zero attached hydrogens (tertiary/aromatic N) is 3. The van der Waals surface area contributed by atoms with E-state index in [1.165, 1.54) is 0 Å². The molecule has 0 amide bonds. The normalized spacial score (nSPS) is 16.1. The Bertz CT molecular complexity index is 695. The molecule has 2 aromatic rings. The molecule has 0 spiro atoms. The fourth-order valence-electron chi connectivity index (χ4n) is 2.41. The van der Waals surface area contributed by atoms with E-state index in [1.807, 2.05) is 17.0 Å². The van der Waals surface area contributed by atoms with Gasteiger partial charge in [-0.2, -0.15) is 0 Å². The molecule has 114 valence electrons. The standard InChI is InChI=1S/C15H15ClN4O2/c1-2-22-13(21)9-20-12-4-3-6-18-14(12)19-15(20)11-8-10(16)5-7-17-11/h3-8,15H,2,9H2,1H3,(H,18,19). The van der Waals surface area contributed by atoms with Crippen molar-refractivity contribution in [2.45, 2.75) is 13.1 Å². The molecule has 22 heavy (non-hydrogen) atoms. The molecule has 0 aromatic carbocycles. The summed E-state index contributed by atoms with van der Waals surface area (Å²) in [5.74, 6) is 0.409. The van der Waals surface area contributed by atoms with Gasteiger partial charge in [-0.1, -0.05) is 11.6 Å². The Kier molecular flexibility index (Phi) is 4.11. The molecule has 6 nitrogen and oxygen atoms in total. The third kappa shape index (κ3) is 2.82. The first-order valence-corrected chi connectivity index (χ1v) is 7.32. The third-order valence-corrected chi connectivity index (χ3v) is 3.54. The summed E-state index contributed by atoms with van der Waals surface area (Å²) in [6.45, 7) is 2.24. The average Bonchev–Trinajstić information content (AvgIpc) is 2.86. The zero-order valence-electron chi connectivity index (χ0n) is 12.0. The van der Waals surface area contributed by atoms with Crippen LogP contribution in [0.3, 0.4) is 0 Å². The monoisotopic (exact) mass is 318 g/mol. The molecule has 0 fully saturated rings. The summed E-state index contributed by atoms with van der Waals surface area (Å²) in [6.07, 6.45) is 3.02. The SMILES string of the molecule is CCOC(=O)CN1c2cccnc2NC1c1cc(Cl)ccn1. The van der Waals surface area contributed by atoms with Crippen LogP contribution in [-0.4, -0.2) is 29.1 Å². The van der Waals surface area contributed by atoms with Gasteiger partial charge in [-0.25, -0.2) is 4.98 Å². The van der Waals surface area contributed by atoms with Gasteiger partial charge in [0.1, 0.15) is 12.7 Å². The number of anilines is 2. The molecule has 1 N–H and O–H groups in total. The van der Waals surface area contributed by atoms with Crippen LogP contribution in [0.2, 0.25) is 5.02 Å². The van der Waals surface area contributed by atoms with Crippen LogP contribution < -0.4 is 10.2 Å². The van der Waals surface area contributed by atoms with E-state index in [0.29, 0.717) is 17.4 Å². The van der Waals surface area contributed by atoms with Gasteiger partial charge in [0.15, 0.2) is 5.82 Å². The predicted molar refractivity (Wildman–Crippen MR) is 83.8 cm³/mol. The fourth-order valence-corrected chi connectivity index (χ4v) is 2.58. The Morgan fingerprint density at radius 1 is 1.41 bits per heavy atom. The Labute approximate surface area is 133 Å². The van der Waals surface area contributed by atoms with Gasteiger partial charge < -0.3 is 15.0 Å². The lowest BCUT2D eigenvalue weighted by molar-refractivity contribution is -0.141. The first kappa shape index (κ1) is 14.6. The number of carbonyl (C=O) groups is 1. The molecule has 0 radical (unpaired) electrons. The second-order valence-electron chi connectivity index (χ2n) is 4.75. The molecular weight excluding hydrogens is 304 g/mol. The van der Waals surface area contributed by atoms with Gasteiger partial charge >= 0.3 is 5.97 Å². The fraction of sp³-hybridized carbons (Fsp3) is 0.267. The number of nitrogens with one attached hydrogen (secondary N) is 1. The van der Waals surface area contributed by atoms with Crippen molar-refractivity contribution in [3.8, 4) is 0 Å². The number of aromatic nitrogens is 2. The summed E-state index contributed by atoms with van der Waals surface area (Å²) >= 11 is 6.04. The minimum atomic E-state index is -0.312. The van der Waals surface area contributed by atoms with Crippen LogP contribution in [0.5, 0.6) is 0 Å². The number of ether oxygens (including phenoxy) is 1. The molecular formula is C15H15ClN4O2. The van der Waals surface area contributed by atoms with Gasteiger partial charge in [0.2, 0.25) is 0 Å². The van der Waals surface area contributed by atoms with Gasteiger partial charge in [0.25, 0.3) is 0 Å². The highest BCUT2D eigenvalue weighted by molar-refractivity contribution is 6.30. The van der Waals surface area contributed by atoms with E-state index in [2.05, 4.69) is 15.3 Å². The number of hydrogen-bond acceptors (Lipinski definition) is 6. The summed E-state index contributed by atoms with van der Waals surface area (Å²) in [5.41, 5.74) is 1.55.